The molecular weight excluding hydrogens is 292 g/mol. The Morgan fingerprint density at radius 1 is 0.952 bits per heavy atom. The highest BCUT2D eigenvalue weighted by Gasteiger charge is 2.14. The van der Waals surface area contributed by atoms with E-state index in [2.05, 4.69) is 64.3 Å². The smallest absolute Gasteiger partial charge is 0.0486 e. The molecule has 110 valence electrons. The van der Waals surface area contributed by atoms with Crippen LogP contribution in [0.3, 0.4) is 0 Å². The third-order valence-electron chi connectivity index (χ3n) is 4.05. The summed E-state index contributed by atoms with van der Waals surface area (Å²) in [5.74, 6) is 1.14. The van der Waals surface area contributed by atoms with E-state index in [1.807, 2.05) is 22.7 Å². The molecule has 3 rings (SSSR count). The number of fused-ring (bicyclic) bond motifs is 1. The van der Waals surface area contributed by atoms with Gasteiger partial charge in [-0.1, -0.05) is 45.9 Å². The fourth-order valence-corrected chi connectivity index (χ4v) is 5.08. The van der Waals surface area contributed by atoms with Gasteiger partial charge in [0.25, 0.3) is 0 Å². The number of hydrogen-bond donors (Lipinski definition) is 0. The second kappa shape index (κ2) is 5.58. The van der Waals surface area contributed by atoms with Crippen LogP contribution in [0, 0.1) is 6.92 Å². The molecule has 0 fully saturated rings. The second-order valence-electron chi connectivity index (χ2n) is 6.38. The van der Waals surface area contributed by atoms with Crippen molar-refractivity contribution in [1.29, 1.82) is 0 Å². The van der Waals surface area contributed by atoms with Crippen LogP contribution >= 0.6 is 22.7 Å². The zero-order chi connectivity index (χ0) is 15.1. The maximum atomic E-state index is 2.41. The fraction of sp³-hybridized carbons (Fsp3) is 0.368. The molecule has 21 heavy (non-hydrogen) atoms. The number of rotatable bonds is 3. The summed E-state index contributed by atoms with van der Waals surface area (Å²) in [7, 11) is 0. The van der Waals surface area contributed by atoms with E-state index in [4.69, 9.17) is 0 Å². The molecule has 0 atom stereocenters. The van der Waals surface area contributed by atoms with Gasteiger partial charge in [-0.2, -0.15) is 0 Å². The van der Waals surface area contributed by atoms with Crippen LogP contribution < -0.4 is 0 Å². The number of hydrogen-bond acceptors (Lipinski definition) is 2. The van der Waals surface area contributed by atoms with Crippen LogP contribution in [0.2, 0.25) is 0 Å². The minimum Gasteiger partial charge on any atom is -0.143 e. The van der Waals surface area contributed by atoms with Gasteiger partial charge >= 0.3 is 0 Å². The molecule has 0 aliphatic carbocycles. The van der Waals surface area contributed by atoms with Crippen molar-refractivity contribution in [2.45, 2.75) is 46.5 Å². The van der Waals surface area contributed by atoms with Crippen LogP contribution in [0.4, 0.5) is 0 Å². The highest BCUT2D eigenvalue weighted by molar-refractivity contribution is 7.29. The molecule has 0 saturated carbocycles. The summed E-state index contributed by atoms with van der Waals surface area (Å²) in [5, 5.41) is 2.26. The molecule has 0 saturated heterocycles. The lowest BCUT2D eigenvalue weighted by molar-refractivity contribution is 0.836. The molecule has 2 aromatic heterocycles. The Balaban J connectivity index is 2.16. The first-order valence-corrected chi connectivity index (χ1v) is 9.29. The summed E-state index contributed by atoms with van der Waals surface area (Å²) in [6.45, 7) is 11.3. The van der Waals surface area contributed by atoms with Crippen molar-refractivity contribution in [3.05, 3.63) is 46.3 Å². The molecule has 0 aliphatic rings. The Bertz CT molecular complexity index is 772. The summed E-state index contributed by atoms with van der Waals surface area (Å²) in [4.78, 5) is 1.42. The van der Waals surface area contributed by atoms with Crippen LogP contribution in [0.1, 0.15) is 56.2 Å². The minimum absolute atomic E-state index is 0.555. The van der Waals surface area contributed by atoms with Crippen molar-refractivity contribution in [2.24, 2.45) is 0 Å². The lowest BCUT2D eigenvalue weighted by Gasteiger charge is -2.15. The predicted molar refractivity (Wildman–Crippen MR) is 98.1 cm³/mol. The van der Waals surface area contributed by atoms with Crippen molar-refractivity contribution in [1.82, 2.24) is 0 Å². The maximum Gasteiger partial charge on any atom is 0.0486 e. The lowest BCUT2D eigenvalue weighted by Crippen LogP contribution is -1.95. The van der Waals surface area contributed by atoms with Crippen molar-refractivity contribution in [3.8, 4) is 10.4 Å². The van der Waals surface area contributed by atoms with Gasteiger partial charge in [-0.05, 0) is 52.5 Å². The normalized spacial score (nSPS) is 12.0. The Morgan fingerprint density at radius 3 is 2.33 bits per heavy atom. The molecule has 0 radical (unpaired) electrons. The molecule has 0 nitrogen and oxygen atoms in total. The van der Waals surface area contributed by atoms with Gasteiger partial charge in [0.15, 0.2) is 0 Å². The second-order valence-corrected chi connectivity index (χ2v) is 8.34. The monoisotopic (exact) mass is 314 g/mol. The Morgan fingerprint density at radius 2 is 1.71 bits per heavy atom. The van der Waals surface area contributed by atoms with Crippen LogP contribution in [0.5, 0.6) is 0 Å². The molecule has 0 spiro atoms. The summed E-state index contributed by atoms with van der Waals surface area (Å²) < 4.78 is 2.88. The van der Waals surface area contributed by atoms with Crippen molar-refractivity contribution in [2.75, 3.05) is 0 Å². The lowest BCUT2D eigenvalue weighted by atomic mass is 9.91. The quantitative estimate of drug-likeness (QED) is 0.480. The zero-order valence-corrected chi connectivity index (χ0v) is 15.0. The molecule has 0 aliphatic heterocycles. The van der Waals surface area contributed by atoms with Crippen LogP contribution in [0.25, 0.3) is 19.8 Å². The first kappa shape index (κ1) is 14.8. The average Bonchev–Trinajstić information content (AvgIpc) is 3.00. The van der Waals surface area contributed by atoms with Crippen molar-refractivity contribution in [3.63, 3.8) is 0 Å². The van der Waals surface area contributed by atoms with Gasteiger partial charge in [0, 0.05) is 14.3 Å². The van der Waals surface area contributed by atoms with Crippen LogP contribution in [-0.4, -0.2) is 0 Å². The Hall–Kier alpha value is -1.12. The van der Waals surface area contributed by atoms with Gasteiger partial charge in [0.1, 0.15) is 0 Å². The van der Waals surface area contributed by atoms with E-state index in [1.54, 1.807) is 0 Å². The summed E-state index contributed by atoms with van der Waals surface area (Å²) in [5.41, 5.74) is 5.75. The largest absolute Gasteiger partial charge is 0.143 e. The van der Waals surface area contributed by atoms with Crippen molar-refractivity contribution >= 4 is 32.1 Å². The minimum atomic E-state index is 0.555. The first-order chi connectivity index (χ1) is 9.97. The van der Waals surface area contributed by atoms with Gasteiger partial charge < -0.3 is 0 Å². The average molecular weight is 315 g/mol. The standard InChI is InChI=1S/C19H22S2/c1-11(2)14-6-7-15(16(8-14)12(3)4)17-9-18-19(21-17)13(5)10-20-18/h6-12H,1-5H3. The molecular formula is C19H22S2. The van der Waals surface area contributed by atoms with E-state index in [1.165, 1.54) is 36.5 Å². The van der Waals surface area contributed by atoms with Gasteiger partial charge in [-0.15, -0.1) is 22.7 Å². The molecule has 0 N–H and O–H groups in total. The van der Waals surface area contributed by atoms with Gasteiger partial charge in [0.2, 0.25) is 0 Å². The SMILES string of the molecule is Cc1csc2cc(-c3ccc(C(C)C)cc3C(C)C)sc12. The van der Waals surface area contributed by atoms with Gasteiger partial charge in [-0.25, -0.2) is 0 Å². The number of aryl methyl sites for hydroxylation is 1. The van der Waals surface area contributed by atoms with E-state index in [9.17, 15) is 0 Å². The topological polar surface area (TPSA) is 0 Å². The third kappa shape index (κ3) is 2.67. The van der Waals surface area contributed by atoms with E-state index < -0.39 is 0 Å². The van der Waals surface area contributed by atoms with E-state index >= 15 is 0 Å². The summed E-state index contributed by atoms with van der Waals surface area (Å²) in [6.07, 6.45) is 0. The van der Waals surface area contributed by atoms with Crippen molar-refractivity contribution < 1.29 is 0 Å². The predicted octanol–water partition coefficient (Wildman–Crippen LogP) is 7.19. The van der Waals surface area contributed by atoms with E-state index in [0.717, 1.165) is 0 Å². The van der Waals surface area contributed by atoms with Crippen LogP contribution in [0.15, 0.2) is 29.6 Å². The Kier molecular flexibility index (Phi) is 3.94. The van der Waals surface area contributed by atoms with Gasteiger partial charge in [-0.3, -0.25) is 0 Å². The van der Waals surface area contributed by atoms with E-state index in [-0.39, 0.29) is 0 Å². The molecule has 0 unspecified atom stereocenters. The molecule has 2 heterocycles. The first-order valence-electron chi connectivity index (χ1n) is 7.59. The molecule has 3 aromatic rings. The van der Waals surface area contributed by atoms with Crippen LogP contribution in [-0.2, 0) is 0 Å². The zero-order valence-electron chi connectivity index (χ0n) is 13.4. The molecule has 0 bridgehead atoms. The maximum absolute atomic E-state index is 2.41. The molecule has 2 heteroatoms. The number of benzene rings is 1. The number of thiophene rings is 2. The summed E-state index contributed by atoms with van der Waals surface area (Å²) in [6, 6.07) is 9.40. The van der Waals surface area contributed by atoms with E-state index in [0.29, 0.717) is 11.8 Å². The highest BCUT2D eigenvalue weighted by atomic mass is 32.1. The molecule has 1 aromatic carbocycles. The highest BCUT2D eigenvalue weighted by Crippen LogP contribution is 2.41. The van der Waals surface area contributed by atoms with Gasteiger partial charge in [0.05, 0.1) is 0 Å². The summed E-state index contributed by atoms with van der Waals surface area (Å²) >= 11 is 3.80. The molecule has 0 amide bonds. The Labute approximate surface area is 135 Å². The third-order valence-corrected chi connectivity index (χ3v) is 6.53. The fourth-order valence-electron chi connectivity index (χ4n) is 2.72.